The average molecular weight is 291 g/mol. The Morgan fingerprint density at radius 2 is 1.76 bits per heavy atom. The molecular formula is C15H25N5O. The van der Waals surface area contributed by atoms with Crippen molar-refractivity contribution in [2.24, 2.45) is 5.92 Å². The van der Waals surface area contributed by atoms with E-state index in [9.17, 15) is 0 Å². The van der Waals surface area contributed by atoms with E-state index in [-0.39, 0.29) is 6.10 Å². The van der Waals surface area contributed by atoms with Gasteiger partial charge in [-0.25, -0.2) is 0 Å². The number of rotatable bonds is 4. The Bertz CT molecular complexity index is 467. The number of hydrogen-bond acceptors (Lipinski definition) is 6. The molecule has 0 aromatic carbocycles. The SMILES string of the molecule is CNc1nc(OC2CCC(C)CC2)nc(N2CCCC2)n1. The van der Waals surface area contributed by atoms with Gasteiger partial charge in [0.05, 0.1) is 0 Å². The summed E-state index contributed by atoms with van der Waals surface area (Å²) >= 11 is 0. The first-order valence-electron chi connectivity index (χ1n) is 8.10. The van der Waals surface area contributed by atoms with Crippen molar-refractivity contribution >= 4 is 11.9 Å². The molecule has 6 nitrogen and oxygen atoms in total. The molecule has 1 aliphatic carbocycles. The molecule has 0 bridgehead atoms. The monoisotopic (exact) mass is 291 g/mol. The van der Waals surface area contributed by atoms with Gasteiger partial charge in [0.2, 0.25) is 11.9 Å². The molecule has 116 valence electrons. The first-order chi connectivity index (χ1) is 10.2. The molecule has 21 heavy (non-hydrogen) atoms. The number of nitrogens with zero attached hydrogens (tertiary/aromatic N) is 4. The van der Waals surface area contributed by atoms with Gasteiger partial charge in [-0.05, 0) is 44.4 Å². The fraction of sp³-hybridized carbons (Fsp3) is 0.800. The van der Waals surface area contributed by atoms with E-state index in [4.69, 9.17) is 4.74 Å². The van der Waals surface area contributed by atoms with E-state index in [1.807, 2.05) is 7.05 Å². The average Bonchev–Trinajstić information content (AvgIpc) is 3.04. The third-order valence-electron chi connectivity index (χ3n) is 4.45. The highest BCUT2D eigenvalue weighted by Crippen LogP contribution is 2.27. The van der Waals surface area contributed by atoms with Gasteiger partial charge in [-0.2, -0.15) is 15.0 Å². The van der Waals surface area contributed by atoms with Crippen molar-refractivity contribution in [3.05, 3.63) is 0 Å². The smallest absolute Gasteiger partial charge is 0.323 e. The minimum absolute atomic E-state index is 0.250. The lowest BCUT2D eigenvalue weighted by Gasteiger charge is -2.26. The van der Waals surface area contributed by atoms with Gasteiger partial charge < -0.3 is 15.0 Å². The maximum atomic E-state index is 6.02. The maximum absolute atomic E-state index is 6.02. The highest BCUT2D eigenvalue weighted by molar-refractivity contribution is 5.38. The number of aromatic nitrogens is 3. The number of hydrogen-bond donors (Lipinski definition) is 1. The van der Waals surface area contributed by atoms with Crippen LogP contribution in [0.2, 0.25) is 0 Å². The van der Waals surface area contributed by atoms with Gasteiger partial charge in [0.15, 0.2) is 0 Å². The molecule has 1 aliphatic heterocycles. The van der Waals surface area contributed by atoms with E-state index in [1.165, 1.54) is 25.7 Å². The van der Waals surface area contributed by atoms with E-state index in [0.717, 1.165) is 37.8 Å². The predicted octanol–water partition coefficient (Wildman–Crippen LogP) is 2.47. The van der Waals surface area contributed by atoms with Crippen LogP contribution < -0.4 is 15.0 Å². The lowest BCUT2D eigenvalue weighted by Crippen LogP contribution is -2.26. The summed E-state index contributed by atoms with van der Waals surface area (Å²) in [5, 5.41) is 3.01. The predicted molar refractivity (Wildman–Crippen MR) is 82.9 cm³/mol. The maximum Gasteiger partial charge on any atom is 0.323 e. The molecule has 1 saturated carbocycles. The zero-order valence-corrected chi connectivity index (χ0v) is 13.0. The minimum atomic E-state index is 0.250. The van der Waals surface area contributed by atoms with Gasteiger partial charge in [0, 0.05) is 20.1 Å². The Balaban J connectivity index is 1.72. The number of anilines is 2. The molecule has 3 rings (SSSR count). The Hall–Kier alpha value is -1.59. The molecule has 0 spiro atoms. The van der Waals surface area contributed by atoms with Crippen LogP contribution in [0, 0.1) is 5.92 Å². The van der Waals surface area contributed by atoms with Crippen molar-refractivity contribution in [1.82, 2.24) is 15.0 Å². The highest BCUT2D eigenvalue weighted by atomic mass is 16.5. The van der Waals surface area contributed by atoms with Crippen molar-refractivity contribution in [2.75, 3.05) is 30.4 Å². The van der Waals surface area contributed by atoms with E-state index in [1.54, 1.807) is 0 Å². The molecular weight excluding hydrogens is 266 g/mol. The van der Waals surface area contributed by atoms with E-state index in [0.29, 0.717) is 12.0 Å². The van der Waals surface area contributed by atoms with E-state index >= 15 is 0 Å². The van der Waals surface area contributed by atoms with Crippen LogP contribution in [0.15, 0.2) is 0 Å². The minimum Gasteiger partial charge on any atom is -0.460 e. The summed E-state index contributed by atoms with van der Waals surface area (Å²) in [5.74, 6) is 2.15. The van der Waals surface area contributed by atoms with Crippen LogP contribution in [0.1, 0.15) is 45.4 Å². The summed E-state index contributed by atoms with van der Waals surface area (Å²) in [4.78, 5) is 15.5. The molecule has 2 fully saturated rings. The third-order valence-corrected chi connectivity index (χ3v) is 4.45. The fourth-order valence-corrected chi connectivity index (χ4v) is 3.07. The molecule has 1 saturated heterocycles. The van der Waals surface area contributed by atoms with Crippen molar-refractivity contribution in [3.63, 3.8) is 0 Å². The molecule has 1 aromatic rings. The topological polar surface area (TPSA) is 63.2 Å². The third kappa shape index (κ3) is 3.54. The Labute approximate surface area is 126 Å². The lowest BCUT2D eigenvalue weighted by atomic mass is 9.89. The standard InChI is InChI=1S/C15H25N5O/c1-11-5-7-12(8-6-11)21-15-18-13(16-2)17-14(19-15)20-9-3-4-10-20/h11-12H,3-10H2,1-2H3,(H,16,17,18,19). The quantitative estimate of drug-likeness (QED) is 0.919. The normalized spacial score (nSPS) is 25.9. The van der Waals surface area contributed by atoms with Gasteiger partial charge in [0.25, 0.3) is 0 Å². The van der Waals surface area contributed by atoms with Gasteiger partial charge in [-0.15, -0.1) is 0 Å². The summed E-state index contributed by atoms with van der Waals surface area (Å²) in [5.41, 5.74) is 0. The first-order valence-corrected chi connectivity index (χ1v) is 8.10. The summed E-state index contributed by atoms with van der Waals surface area (Å²) in [7, 11) is 1.83. The summed E-state index contributed by atoms with van der Waals surface area (Å²) in [6.07, 6.45) is 7.32. The van der Waals surface area contributed by atoms with Crippen LogP contribution >= 0.6 is 0 Å². The zero-order valence-electron chi connectivity index (χ0n) is 13.0. The van der Waals surface area contributed by atoms with Crippen molar-refractivity contribution in [3.8, 4) is 6.01 Å². The van der Waals surface area contributed by atoms with Gasteiger partial charge >= 0.3 is 6.01 Å². The Kier molecular flexibility index (Phi) is 4.41. The molecule has 0 atom stereocenters. The van der Waals surface area contributed by atoms with Crippen LogP contribution in [0.3, 0.4) is 0 Å². The number of nitrogens with one attached hydrogen (secondary N) is 1. The van der Waals surface area contributed by atoms with Gasteiger partial charge in [-0.1, -0.05) is 6.92 Å². The Morgan fingerprint density at radius 1 is 1.05 bits per heavy atom. The van der Waals surface area contributed by atoms with Gasteiger partial charge in [-0.3, -0.25) is 0 Å². The van der Waals surface area contributed by atoms with Gasteiger partial charge in [0.1, 0.15) is 6.10 Å². The molecule has 0 amide bonds. The van der Waals surface area contributed by atoms with Crippen LogP contribution in [-0.2, 0) is 0 Å². The molecule has 2 heterocycles. The van der Waals surface area contributed by atoms with Crippen LogP contribution in [0.25, 0.3) is 0 Å². The van der Waals surface area contributed by atoms with E-state index < -0.39 is 0 Å². The van der Waals surface area contributed by atoms with Crippen LogP contribution in [0.5, 0.6) is 6.01 Å². The summed E-state index contributed by atoms with van der Waals surface area (Å²) in [6, 6.07) is 0.468. The second-order valence-electron chi connectivity index (χ2n) is 6.19. The molecule has 1 N–H and O–H groups in total. The summed E-state index contributed by atoms with van der Waals surface area (Å²) < 4.78 is 6.02. The zero-order chi connectivity index (χ0) is 14.7. The van der Waals surface area contributed by atoms with Crippen LogP contribution in [-0.4, -0.2) is 41.2 Å². The van der Waals surface area contributed by atoms with Crippen molar-refractivity contribution < 1.29 is 4.74 Å². The van der Waals surface area contributed by atoms with E-state index in [2.05, 4.69) is 32.1 Å². The molecule has 2 aliphatic rings. The van der Waals surface area contributed by atoms with Crippen molar-refractivity contribution in [1.29, 1.82) is 0 Å². The molecule has 0 unspecified atom stereocenters. The van der Waals surface area contributed by atoms with Crippen molar-refractivity contribution in [2.45, 2.75) is 51.6 Å². The molecule has 0 radical (unpaired) electrons. The largest absolute Gasteiger partial charge is 0.460 e. The second kappa shape index (κ2) is 6.45. The Morgan fingerprint density at radius 3 is 2.43 bits per heavy atom. The molecule has 6 heteroatoms. The second-order valence-corrected chi connectivity index (χ2v) is 6.19. The number of ether oxygens (including phenoxy) is 1. The lowest BCUT2D eigenvalue weighted by molar-refractivity contribution is 0.124. The summed E-state index contributed by atoms with van der Waals surface area (Å²) in [6.45, 7) is 4.35. The first kappa shape index (κ1) is 14.4. The fourth-order valence-electron chi connectivity index (χ4n) is 3.07. The molecule has 1 aromatic heterocycles. The van der Waals surface area contributed by atoms with Crippen LogP contribution in [0.4, 0.5) is 11.9 Å². The highest BCUT2D eigenvalue weighted by Gasteiger charge is 2.22.